The van der Waals surface area contributed by atoms with E-state index in [1.165, 1.54) is 12.1 Å². The van der Waals surface area contributed by atoms with Gasteiger partial charge in [0.1, 0.15) is 11.6 Å². The van der Waals surface area contributed by atoms with E-state index in [0.29, 0.717) is 24.5 Å². The maximum absolute atomic E-state index is 13.0. The molecule has 0 aliphatic rings. The monoisotopic (exact) mass is 381 g/mol. The molecule has 3 rings (SSSR count). The highest BCUT2D eigenvalue weighted by atomic mass is 19.1. The Kier molecular flexibility index (Phi) is 6.42. The van der Waals surface area contributed by atoms with Gasteiger partial charge < -0.3 is 9.64 Å². The molecule has 0 spiro atoms. The standard InChI is InChI=1S/C22H24FN3O2/c1-3-28-20-8-4-6-17(14-20)22(27)26(2)13-5-7-19-15-21(25-24-19)16-9-11-18(23)12-10-16/h4,6,8-12,14-15H,3,5,7,13H2,1-2H3,(H,24,25). The molecule has 28 heavy (non-hydrogen) atoms. The zero-order valence-corrected chi connectivity index (χ0v) is 16.1. The number of nitrogens with zero attached hydrogens (tertiary/aromatic N) is 2. The molecular formula is C22H24FN3O2. The van der Waals surface area contributed by atoms with Crippen molar-refractivity contribution in [3.8, 4) is 17.0 Å². The Morgan fingerprint density at radius 2 is 1.96 bits per heavy atom. The van der Waals surface area contributed by atoms with Crippen LogP contribution in [0.3, 0.4) is 0 Å². The first kappa shape index (κ1) is 19.6. The lowest BCUT2D eigenvalue weighted by Gasteiger charge is -2.17. The first-order valence-electron chi connectivity index (χ1n) is 9.35. The number of hydrogen-bond acceptors (Lipinski definition) is 3. The maximum atomic E-state index is 13.0. The minimum Gasteiger partial charge on any atom is -0.494 e. The topological polar surface area (TPSA) is 58.2 Å². The molecule has 0 bridgehead atoms. The second-order valence-corrected chi connectivity index (χ2v) is 6.58. The summed E-state index contributed by atoms with van der Waals surface area (Å²) in [6.45, 7) is 3.11. The number of aromatic amines is 1. The summed E-state index contributed by atoms with van der Waals surface area (Å²) in [6.07, 6.45) is 1.57. The molecule has 0 unspecified atom stereocenters. The number of nitrogens with one attached hydrogen (secondary N) is 1. The second kappa shape index (κ2) is 9.17. The van der Waals surface area contributed by atoms with E-state index in [9.17, 15) is 9.18 Å². The van der Waals surface area contributed by atoms with Gasteiger partial charge in [-0.3, -0.25) is 9.89 Å². The highest BCUT2D eigenvalue weighted by Crippen LogP contribution is 2.19. The van der Waals surface area contributed by atoms with Crippen LogP contribution in [0.25, 0.3) is 11.3 Å². The van der Waals surface area contributed by atoms with Gasteiger partial charge in [0, 0.05) is 30.4 Å². The minimum atomic E-state index is -0.265. The van der Waals surface area contributed by atoms with Crippen LogP contribution in [-0.4, -0.2) is 41.2 Å². The Morgan fingerprint density at radius 1 is 1.18 bits per heavy atom. The Bertz CT molecular complexity index is 922. The summed E-state index contributed by atoms with van der Waals surface area (Å²) in [6, 6.07) is 15.5. The van der Waals surface area contributed by atoms with E-state index >= 15 is 0 Å². The number of H-pyrrole nitrogens is 1. The van der Waals surface area contributed by atoms with Crippen molar-refractivity contribution in [1.82, 2.24) is 15.1 Å². The molecule has 1 N–H and O–H groups in total. The summed E-state index contributed by atoms with van der Waals surface area (Å²) >= 11 is 0. The summed E-state index contributed by atoms with van der Waals surface area (Å²) in [5.74, 6) is 0.407. The number of hydrogen-bond donors (Lipinski definition) is 1. The lowest BCUT2D eigenvalue weighted by atomic mass is 10.1. The van der Waals surface area contributed by atoms with Crippen molar-refractivity contribution in [2.45, 2.75) is 19.8 Å². The van der Waals surface area contributed by atoms with Crippen LogP contribution < -0.4 is 4.74 Å². The molecule has 0 aliphatic heterocycles. The van der Waals surface area contributed by atoms with Gasteiger partial charge in [-0.05, 0) is 68.3 Å². The first-order valence-corrected chi connectivity index (χ1v) is 9.35. The smallest absolute Gasteiger partial charge is 0.253 e. The molecule has 2 aromatic carbocycles. The van der Waals surface area contributed by atoms with Crippen LogP contribution in [-0.2, 0) is 6.42 Å². The summed E-state index contributed by atoms with van der Waals surface area (Å²) in [4.78, 5) is 14.3. The van der Waals surface area contributed by atoms with Crippen molar-refractivity contribution in [1.29, 1.82) is 0 Å². The van der Waals surface area contributed by atoms with E-state index in [2.05, 4.69) is 10.2 Å². The zero-order valence-electron chi connectivity index (χ0n) is 16.1. The Hall–Kier alpha value is -3.15. The van der Waals surface area contributed by atoms with Crippen molar-refractivity contribution >= 4 is 5.91 Å². The number of ether oxygens (including phenoxy) is 1. The number of carbonyl (C=O) groups is 1. The van der Waals surface area contributed by atoms with Crippen molar-refractivity contribution in [2.24, 2.45) is 0 Å². The Balaban J connectivity index is 1.52. The number of amides is 1. The molecule has 146 valence electrons. The normalized spacial score (nSPS) is 10.7. The Labute approximate surface area is 164 Å². The van der Waals surface area contributed by atoms with Crippen LogP contribution >= 0.6 is 0 Å². The molecule has 0 aliphatic carbocycles. The van der Waals surface area contributed by atoms with Gasteiger partial charge in [0.05, 0.1) is 12.3 Å². The van der Waals surface area contributed by atoms with E-state index in [0.717, 1.165) is 29.8 Å². The first-order chi connectivity index (χ1) is 13.6. The lowest BCUT2D eigenvalue weighted by Crippen LogP contribution is -2.28. The number of aryl methyl sites for hydroxylation is 1. The molecule has 1 heterocycles. The van der Waals surface area contributed by atoms with Crippen LogP contribution in [0, 0.1) is 5.82 Å². The van der Waals surface area contributed by atoms with E-state index in [1.807, 2.05) is 25.1 Å². The van der Waals surface area contributed by atoms with Crippen LogP contribution in [0.4, 0.5) is 4.39 Å². The van der Waals surface area contributed by atoms with Gasteiger partial charge in [-0.1, -0.05) is 6.07 Å². The Morgan fingerprint density at radius 3 is 2.71 bits per heavy atom. The van der Waals surface area contributed by atoms with Crippen LogP contribution in [0.2, 0.25) is 0 Å². The van der Waals surface area contributed by atoms with Crippen molar-refractivity contribution < 1.29 is 13.9 Å². The van der Waals surface area contributed by atoms with Crippen LogP contribution in [0.15, 0.2) is 54.6 Å². The molecule has 3 aromatic rings. The molecule has 5 nitrogen and oxygen atoms in total. The van der Waals surface area contributed by atoms with Gasteiger partial charge in [-0.25, -0.2) is 4.39 Å². The lowest BCUT2D eigenvalue weighted by molar-refractivity contribution is 0.0793. The van der Waals surface area contributed by atoms with E-state index in [1.54, 1.807) is 36.2 Å². The predicted octanol–water partition coefficient (Wildman–Crippen LogP) is 4.32. The van der Waals surface area contributed by atoms with Crippen LogP contribution in [0.5, 0.6) is 5.75 Å². The van der Waals surface area contributed by atoms with Crippen molar-refractivity contribution in [3.63, 3.8) is 0 Å². The third-order valence-corrected chi connectivity index (χ3v) is 4.45. The number of benzene rings is 2. The zero-order chi connectivity index (χ0) is 19.9. The SMILES string of the molecule is CCOc1cccc(C(=O)N(C)CCCc2cc(-c3ccc(F)cc3)n[nH]2)c1. The molecule has 0 radical (unpaired) electrons. The highest BCUT2D eigenvalue weighted by Gasteiger charge is 2.12. The molecular weight excluding hydrogens is 357 g/mol. The molecule has 0 atom stereocenters. The summed E-state index contributed by atoms with van der Waals surface area (Å²) in [7, 11) is 1.80. The fraction of sp³-hybridized carbons (Fsp3) is 0.273. The van der Waals surface area contributed by atoms with Gasteiger partial charge in [0.2, 0.25) is 0 Å². The largest absolute Gasteiger partial charge is 0.494 e. The van der Waals surface area contributed by atoms with E-state index in [4.69, 9.17) is 4.74 Å². The summed E-state index contributed by atoms with van der Waals surface area (Å²) in [5, 5.41) is 7.29. The van der Waals surface area contributed by atoms with E-state index < -0.39 is 0 Å². The van der Waals surface area contributed by atoms with E-state index in [-0.39, 0.29) is 11.7 Å². The molecule has 6 heteroatoms. The number of rotatable bonds is 8. The predicted molar refractivity (Wildman–Crippen MR) is 107 cm³/mol. The number of carbonyl (C=O) groups excluding carboxylic acids is 1. The fourth-order valence-electron chi connectivity index (χ4n) is 2.97. The summed E-state index contributed by atoms with van der Waals surface area (Å²) in [5.41, 5.74) is 3.25. The average Bonchev–Trinajstić information content (AvgIpc) is 3.17. The molecule has 0 saturated heterocycles. The third-order valence-electron chi connectivity index (χ3n) is 4.45. The molecule has 1 amide bonds. The second-order valence-electron chi connectivity index (χ2n) is 6.58. The molecule has 0 fully saturated rings. The quantitative estimate of drug-likeness (QED) is 0.632. The number of halogens is 1. The fourth-order valence-corrected chi connectivity index (χ4v) is 2.97. The maximum Gasteiger partial charge on any atom is 0.253 e. The van der Waals surface area contributed by atoms with Crippen molar-refractivity contribution in [2.75, 3.05) is 20.2 Å². The molecule has 1 aromatic heterocycles. The van der Waals surface area contributed by atoms with Crippen molar-refractivity contribution in [3.05, 3.63) is 71.7 Å². The third kappa shape index (κ3) is 4.97. The molecule has 0 saturated carbocycles. The van der Waals surface area contributed by atoms with Gasteiger partial charge in [-0.2, -0.15) is 5.10 Å². The van der Waals surface area contributed by atoms with Gasteiger partial charge in [0.15, 0.2) is 0 Å². The van der Waals surface area contributed by atoms with Gasteiger partial charge >= 0.3 is 0 Å². The minimum absolute atomic E-state index is 0.0295. The number of aromatic nitrogens is 2. The van der Waals surface area contributed by atoms with Crippen LogP contribution in [0.1, 0.15) is 29.4 Å². The average molecular weight is 381 g/mol. The highest BCUT2D eigenvalue weighted by molar-refractivity contribution is 5.94. The van der Waals surface area contributed by atoms with Gasteiger partial charge in [0.25, 0.3) is 5.91 Å². The van der Waals surface area contributed by atoms with Gasteiger partial charge in [-0.15, -0.1) is 0 Å². The summed E-state index contributed by atoms with van der Waals surface area (Å²) < 4.78 is 18.5.